The number of benzene rings is 2. The molecule has 0 saturated carbocycles. The molecule has 0 amide bonds. The number of aromatic nitrogens is 1. The number of hydrogen-bond donors (Lipinski definition) is 1. The fourth-order valence-corrected chi connectivity index (χ4v) is 4.95. The third kappa shape index (κ3) is 3.94. The second kappa shape index (κ2) is 8.80. The molecule has 0 saturated heterocycles. The van der Waals surface area contributed by atoms with Crippen molar-refractivity contribution >= 4 is 23.1 Å². The largest absolute Gasteiger partial charge is 0.340 e. The van der Waals surface area contributed by atoms with Crippen molar-refractivity contribution in [1.29, 1.82) is 0 Å². The zero-order chi connectivity index (χ0) is 19.3. The van der Waals surface area contributed by atoms with E-state index in [0.717, 1.165) is 31.5 Å². The Hall–Kier alpha value is -2.30. The van der Waals surface area contributed by atoms with Crippen LogP contribution in [-0.4, -0.2) is 24.1 Å². The van der Waals surface area contributed by atoms with Crippen LogP contribution >= 0.6 is 11.8 Å². The summed E-state index contributed by atoms with van der Waals surface area (Å²) in [5.41, 5.74) is 5.01. The minimum absolute atomic E-state index is 0.560. The van der Waals surface area contributed by atoms with Gasteiger partial charge in [0, 0.05) is 40.3 Å². The van der Waals surface area contributed by atoms with Gasteiger partial charge in [0.25, 0.3) is 0 Å². The van der Waals surface area contributed by atoms with Crippen LogP contribution in [0.3, 0.4) is 0 Å². The van der Waals surface area contributed by atoms with Crippen LogP contribution in [0.15, 0.2) is 76.8 Å². The summed E-state index contributed by atoms with van der Waals surface area (Å²) in [5, 5.41) is 3.61. The molecule has 28 heavy (non-hydrogen) atoms. The summed E-state index contributed by atoms with van der Waals surface area (Å²) in [6.07, 6.45) is 6.05. The molecule has 1 unspecified atom stereocenters. The first-order valence-corrected chi connectivity index (χ1v) is 10.9. The first-order chi connectivity index (χ1) is 13.8. The molecule has 0 radical (unpaired) electrons. The first kappa shape index (κ1) is 19.0. The van der Waals surface area contributed by atoms with Crippen LogP contribution in [0.25, 0.3) is 11.1 Å². The van der Waals surface area contributed by atoms with Crippen molar-refractivity contribution < 1.29 is 0 Å². The third-order valence-corrected chi connectivity index (χ3v) is 6.42. The normalized spacial score (nSPS) is 13.7. The summed E-state index contributed by atoms with van der Waals surface area (Å²) in [6, 6.07) is 20.2. The molecule has 1 aromatic heterocycles. The molecule has 144 valence electrons. The van der Waals surface area contributed by atoms with Gasteiger partial charge in [-0.3, -0.25) is 4.98 Å². The summed E-state index contributed by atoms with van der Waals surface area (Å²) < 4.78 is 0. The number of hydrogen-bond acceptors (Lipinski definition) is 4. The number of nitrogens with zero attached hydrogens (tertiary/aromatic N) is 2. The van der Waals surface area contributed by atoms with E-state index >= 15 is 0 Å². The van der Waals surface area contributed by atoms with Gasteiger partial charge in [0.15, 0.2) is 0 Å². The fraction of sp³-hybridized carbons (Fsp3) is 0.292. The summed E-state index contributed by atoms with van der Waals surface area (Å²) in [7, 11) is 0. The fourth-order valence-electron chi connectivity index (χ4n) is 3.81. The van der Waals surface area contributed by atoms with Gasteiger partial charge in [-0.05, 0) is 55.3 Å². The van der Waals surface area contributed by atoms with Crippen molar-refractivity contribution in [3.8, 4) is 11.1 Å². The van der Waals surface area contributed by atoms with Crippen LogP contribution in [0.5, 0.6) is 0 Å². The Kier molecular flexibility index (Phi) is 5.98. The van der Waals surface area contributed by atoms with Gasteiger partial charge >= 0.3 is 0 Å². The molecule has 2 heterocycles. The van der Waals surface area contributed by atoms with E-state index in [1.807, 2.05) is 30.2 Å². The Balaban J connectivity index is 1.67. The maximum absolute atomic E-state index is 4.28. The Morgan fingerprint density at radius 2 is 1.82 bits per heavy atom. The van der Waals surface area contributed by atoms with Gasteiger partial charge in [-0.2, -0.15) is 0 Å². The molecule has 3 aromatic rings. The molecule has 2 aromatic carbocycles. The number of nitrogens with one attached hydrogen (secondary N) is 1. The van der Waals surface area contributed by atoms with Crippen molar-refractivity contribution in [2.24, 2.45) is 0 Å². The molecule has 1 aliphatic rings. The van der Waals surface area contributed by atoms with Crippen molar-refractivity contribution in [1.82, 2.24) is 10.3 Å². The van der Waals surface area contributed by atoms with Gasteiger partial charge in [0.2, 0.25) is 0 Å². The molecule has 0 aliphatic carbocycles. The maximum Gasteiger partial charge on any atom is 0.0553 e. The van der Waals surface area contributed by atoms with Gasteiger partial charge in [0.1, 0.15) is 0 Å². The Morgan fingerprint density at radius 3 is 2.61 bits per heavy atom. The standard InChI is InChI=1S/C24H27N3S/c1-3-20(26-4-2)13-15-27-21-9-5-6-10-23(21)28-24-16-18(11-12-22(24)27)19-8-7-14-25-17-19/h5-12,14,16-17,20,26H,3-4,13,15H2,1-2H3. The van der Waals surface area contributed by atoms with Gasteiger partial charge < -0.3 is 10.2 Å². The van der Waals surface area contributed by atoms with E-state index in [1.165, 1.54) is 26.7 Å². The number of anilines is 2. The molecule has 0 fully saturated rings. The van der Waals surface area contributed by atoms with Crippen molar-refractivity contribution in [3.05, 3.63) is 67.0 Å². The molecule has 3 nitrogen and oxygen atoms in total. The van der Waals surface area contributed by atoms with Crippen LogP contribution in [-0.2, 0) is 0 Å². The molecule has 0 bridgehead atoms. The topological polar surface area (TPSA) is 28.2 Å². The second-order valence-electron chi connectivity index (χ2n) is 7.10. The molecule has 0 spiro atoms. The molecule has 1 N–H and O–H groups in total. The van der Waals surface area contributed by atoms with Crippen LogP contribution in [0.2, 0.25) is 0 Å². The maximum atomic E-state index is 4.28. The minimum Gasteiger partial charge on any atom is -0.340 e. The number of para-hydroxylation sites is 1. The highest BCUT2D eigenvalue weighted by Gasteiger charge is 2.24. The van der Waals surface area contributed by atoms with Crippen LogP contribution in [0.1, 0.15) is 26.7 Å². The van der Waals surface area contributed by atoms with Gasteiger partial charge in [-0.15, -0.1) is 0 Å². The lowest BCUT2D eigenvalue weighted by Crippen LogP contribution is -2.33. The zero-order valence-corrected chi connectivity index (χ0v) is 17.4. The lowest BCUT2D eigenvalue weighted by Gasteiger charge is -2.34. The average molecular weight is 390 g/mol. The van der Waals surface area contributed by atoms with Gasteiger partial charge in [-0.1, -0.05) is 49.9 Å². The lowest BCUT2D eigenvalue weighted by molar-refractivity contribution is 0.484. The predicted octanol–water partition coefficient (Wildman–Crippen LogP) is 6.13. The second-order valence-corrected chi connectivity index (χ2v) is 8.18. The summed E-state index contributed by atoms with van der Waals surface area (Å²) >= 11 is 1.87. The average Bonchev–Trinajstić information content (AvgIpc) is 2.76. The molecular weight excluding hydrogens is 362 g/mol. The van der Waals surface area contributed by atoms with E-state index in [0.29, 0.717) is 6.04 Å². The van der Waals surface area contributed by atoms with E-state index < -0.39 is 0 Å². The Bertz CT molecular complexity index is 926. The first-order valence-electron chi connectivity index (χ1n) is 10.1. The highest BCUT2D eigenvalue weighted by Crippen LogP contribution is 2.49. The quantitative estimate of drug-likeness (QED) is 0.526. The van der Waals surface area contributed by atoms with Crippen LogP contribution in [0.4, 0.5) is 11.4 Å². The lowest BCUT2D eigenvalue weighted by atomic mass is 10.1. The van der Waals surface area contributed by atoms with Crippen LogP contribution < -0.4 is 10.2 Å². The molecule has 4 heteroatoms. The summed E-state index contributed by atoms with van der Waals surface area (Å²) in [4.78, 5) is 9.41. The predicted molar refractivity (Wildman–Crippen MR) is 120 cm³/mol. The Labute approximate surface area is 172 Å². The van der Waals surface area contributed by atoms with Crippen LogP contribution in [0, 0.1) is 0 Å². The zero-order valence-electron chi connectivity index (χ0n) is 16.6. The molecule has 1 aliphatic heterocycles. The highest BCUT2D eigenvalue weighted by molar-refractivity contribution is 7.99. The van der Waals surface area contributed by atoms with E-state index in [9.17, 15) is 0 Å². The molecular formula is C24H27N3S. The Morgan fingerprint density at radius 1 is 0.964 bits per heavy atom. The summed E-state index contributed by atoms with van der Waals surface area (Å²) in [6.45, 7) is 6.49. The summed E-state index contributed by atoms with van der Waals surface area (Å²) in [5.74, 6) is 0. The minimum atomic E-state index is 0.560. The monoisotopic (exact) mass is 389 g/mol. The van der Waals surface area contributed by atoms with E-state index in [-0.39, 0.29) is 0 Å². The van der Waals surface area contributed by atoms with Crippen molar-refractivity contribution in [2.75, 3.05) is 18.0 Å². The number of pyridine rings is 1. The van der Waals surface area contributed by atoms with Gasteiger partial charge in [0.05, 0.1) is 11.4 Å². The highest BCUT2D eigenvalue weighted by atomic mass is 32.2. The van der Waals surface area contributed by atoms with E-state index in [2.05, 4.69) is 77.6 Å². The third-order valence-electron chi connectivity index (χ3n) is 5.31. The number of fused-ring (bicyclic) bond motifs is 2. The number of rotatable bonds is 7. The molecule has 1 atom stereocenters. The SMILES string of the molecule is CCNC(CC)CCN1c2ccccc2Sc2cc(-c3cccnc3)ccc21. The smallest absolute Gasteiger partial charge is 0.0553 e. The van der Waals surface area contributed by atoms with Crippen molar-refractivity contribution in [2.45, 2.75) is 42.5 Å². The van der Waals surface area contributed by atoms with Gasteiger partial charge in [-0.25, -0.2) is 0 Å². The van der Waals surface area contributed by atoms with E-state index in [1.54, 1.807) is 0 Å². The molecule has 4 rings (SSSR count). The van der Waals surface area contributed by atoms with E-state index in [4.69, 9.17) is 0 Å². The van der Waals surface area contributed by atoms with Crippen molar-refractivity contribution in [3.63, 3.8) is 0 Å².